The number of fused-ring (bicyclic) bond motifs is 1. The normalized spacial score (nSPS) is 10.9. The number of rotatable bonds is 3. The summed E-state index contributed by atoms with van der Waals surface area (Å²) in [5.41, 5.74) is 3.93. The number of hydrogen-bond donors (Lipinski definition) is 1. The summed E-state index contributed by atoms with van der Waals surface area (Å²) in [5.74, 6) is -1.29. The molecule has 0 spiro atoms. The van der Waals surface area contributed by atoms with Crippen LogP contribution in [-0.4, -0.2) is 21.0 Å². The summed E-state index contributed by atoms with van der Waals surface area (Å²) < 4.78 is 14.0. The topological polar surface area (TPSA) is 63.1 Å². The number of carboxylic acids is 1. The second-order valence-electron chi connectivity index (χ2n) is 6.22. The minimum atomic E-state index is -1.00. The summed E-state index contributed by atoms with van der Waals surface area (Å²) in [7, 11) is 0. The van der Waals surface area contributed by atoms with Crippen molar-refractivity contribution >= 4 is 16.9 Å². The molecule has 0 saturated carbocycles. The summed E-state index contributed by atoms with van der Waals surface area (Å²) >= 11 is 0. The van der Waals surface area contributed by atoms with E-state index < -0.39 is 5.97 Å². The predicted molar refractivity (Wildman–Crippen MR) is 102 cm³/mol. The Bertz CT molecular complexity index is 1170. The summed E-state index contributed by atoms with van der Waals surface area (Å²) in [6, 6.07) is 15.5. The fourth-order valence-electron chi connectivity index (χ4n) is 3.27. The molecular formula is C22H15FN2O2. The van der Waals surface area contributed by atoms with Gasteiger partial charge in [-0.25, -0.2) is 14.2 Å². The van der Waals surface area contributed by atoms with E-state index in [4.69, 9.17) is 0 Å². The third kappa shape index (κ3) is 2.93. The van der Waals surface area contributed by atoms with E-state index in [0.717, 1.165) is 11.1 Å². The van der Waals surface area contributed by atoms with E-state index in [1.807, 2.05) is 24.3 Å². The van der Waals surface area contributed by atoms with Crippen LogP contribution in [0.4, 0.5) is 4.39 Å². The Balaban J connectivity index is 1.87. The molecular weight excluding hydrogens is 343 g/mol. The third-order valence-electron chi connectivity index (χ3n) is 4.59. The summed E-state index contributed by atoms with van der Waals surface area (Å²) in [6.07, 6.45) is 3.11. The van der Waals surface area contributed by atoms with Gasteiger partial charge in [0.1, 0.15) is 5.82 Å². The molecule has 0 aliphatic heterocycles. The van der Waals surface area contributed by atoms with E-state index in [-0.39, 0.29) is 11.4 Å². The van der Waals surface area contributed by atoms with Crippen LogP contribution in [0.3, 0.4) is 0 Å². The molecule has 132 valence electrons. The monoisotopic (exact) mass is 358 g/mol. The average Bonchev–Trinajstić information content (AvgIpc) is 2.68. The molecule has 0 amide bonds. The average molecular weight is 358 g/mol. The number of carbonyl (C=O) groups is 1. The smallest absolute Gasteiger partial charge is 0.336 e. The lowest BCUT2D eigenvalue weighted by atomic mass is 9.97. The zero-order chi connectivity index (χ0) is 19.0. The van der Waals surface area contributed by atoms with Gasteiger partial charge in [0.2, 0.25) is 0 Å². The summed E-state index contributed by atoms with van der Waals surface area (Å²) in [6.45, 7) is 1.75. The molecule has 1 N–H and O–H groups in total. The molecule has 0 saturated heterocycles. The molecule has 0 unspecified atom stereocenters. The molecule has 0 aliphatic carbocycles. The van der Waals surface area contributed by atoms with Crippen LogP contribution in [0.1, 0.15) is 15.9 Å². The lowest BCUT2D eigenvalue weighted by molar-refractivity contribution is 0.0698. The van der Waals surface area contributed by atoms with Crippen molar-refractivity contribution in [3.63, 3.8) is 0 Å². The van der Waals surface area contributed by atoms with Gasteiger partial charge in [0, 0.05) is 22.7 Å². The standard InChI is InChI=1S/C22H15FN2O2/c1-13-20(22(26)27)17-10-11-24-12-19(17)25-21(13)15-8-6-14(7-9-15)16-4-2-3-5-18(16)23/h2-12H,1H3,(H,26,27). The Morgan fingerprint density at radius 2 is 1.70 bits per heavy atom. The number of pyridine rings is 2. The molecule has 0 radical (unpaired) electrons. The molecule has 2 aromatic heterocycles. The zero-order valence-corrected chi connectivity index (χ0v) is 14.5. The van der Waals surface area contributed by atoms with Gasteiger partial charge in [0.25, 0.3) is 0 Å². The van der Waals surface area contributed by atoms with Crippen molar-refractivity contribution < 1.29 is 14.3 Å². The molecule has 2 heterocycles. The quantitative estimate of drug-likeness (QED) is 0.553. The fraction of sp³-hybridized carbons (Fsp3) is 0.0455. The van der Waals surface area contributed by atoms with Gasteiger partial charge in [0.15, 0.2) is 0 Å². The first-order chi connectivity index (χ1) is 13.1. The van der Waals surface area contributed by atoms with E-state index >= 15 is 0 Å². The maximum absolute atomic E-state index is 14.0. The SMILES string of the molecule is Cc1c(-c2ccc(-c3ccccc3F)cc2)nc2cnccc2c1C(=O)O. The largest absolute Gasteiger partial charge is 0.478 e. The van der Waals surface area contributed by atoms with Gasteiger partial charge in [-0.3, -0.25) is 4.98 Å². The molecule has 4 nitrogen and oxygen atoms in total. The van der Waals surface area contributed by atoms with Gasteiger partial charge >= 0.3 is 5.97 Å². The van der Waals surface area contributed by atoms with Crippen LogP contribution < -0.4 is 0 Å². The fourth-order valence-corrected chi connectivity index (χ4v) is 3.27. The van der Waals surface area contributed by atoms with Crippen molar-refractivity contribution in [2.45, 2.75) is 6.92 Å². The highest BCUT2D eigenvalue weighted by atomic mass is 19.1. The molecule has 27 heavy (non-hydrogen) atoms. The highest BCUT2D eigenvalue weighted by Crippen LogP contribution is 2.31. The van der Waals surface area contributed by atoms with Crippen molar-refractivity contribution in [2.24, 2.45) is 0 Å². The first kappa shape index (κ1) is 16.8. The first-order valence-corrected chi connectivity index (χ1v) is 8.39. The van der Waals surface area contributed by atoms with Gasteiger partial charge in [0.05, 0.1) is 23.0 Å². The van der Waals surface area contributed by atoms with Gasteiger partial charge < -0.3 is 5.11 Å². The molecule has 4 rings (SSSR count). The zero-order valence-electron chi connectivity index (χ0n) is 14.5. The van der Waals surface area contributed by atoms with Crippen molar-refractivity contribution in [3.8, 4) is 22.4 Å². The lowest BCUT2D eigenvalue weighted by Crippen LogP contribution is -2.05. The van der Waals surface area contributed by atoms with Gasteiger partial charge in [-0.05, 0) is 30.2 Å². The summed E-state index contributed by atoms with van der Waals surface area (Å²) in [5, 5.41) is 10.2. The van der Waals surface area contributed by atoms with Crippen LogP contribution in [0.5, 0.6) is 0 Å². The number of benzene rings is 2. The Morgan fingerprint density at radius 3 is 2.41 bits per heavy atom. The van der Waals surface area contributed by atoms with Crippen LogP contribution in [-0.2, 0) is 0 Å². The molecule has 0 bridgehead atoms. The second kappa shape index (κ2) is 6.61. The van der Waals surface area contributed by atoms with E-state index in [0.29, 0.717) is 27.7 Å². The van der Waals surface area contributed by atoms with Crippen molar-refractivity contribution in [1.82, 2.24) is 9.97 Å². The lowest BCUT2D eigenvalue weighted by Gasteiger charge is -2.12. The highest BCUT2D eigenvalue weighted by molar-refractivity contribution is 6.05. The highest BCUT2D eigenvalue weighted by Gasteiger charge is 2.18. The molecule has 5 heteroatoms. The van der Waals surface area contributed by atoms with Crippen molar-refractivity contribution in [1.29, 1.82) is 0 Å². The number of halogens is 1. The molecule has 0 fully saturated rings. The van der Waals surface area contributed by atoms with Crippen LogP contribution in [0.15, 0.2) is 67.0 Å². The van der Waals surface area contributed by atoms with Crippen LogP contribution in [0.25, 0.3) is 33.3 Å². The maximum Gasteiger partial charge on any atom is 0.336 e. The number of nitrogens with zero attached hydrogens (tertiary/aromatic N) is 2. The van der Waals surface area contributed by atoms with E-state index in [1.165, 1.54) is 6.07 Å². The van der Waals surface area contributed by atoms with Crippen molar-refractivity contribution in [2.75, 3.05) is 0 Å². The van der Waals surface area contributed by atoms with Crippen molar-refractivity contribution in [3.05, 3.63) is 83.9 Å². The molecule has 0 atom stereocenters. The Labute approximate surface area is 155 Å². The van der Waals surface area contributed by atoms with Crippen LogP contribution >= 0.6 is 0 Å². The molecule has 0 aliphatic rings. The summed E-state index contributed by atoms with van der Waals surface area (Å²) in [4.78, 5) is 20.5. The van der Waals surface area contributed by atoms with Crippen LogP contribution in [0.2, 0.25) is 0 Å². The van der Waals surface area contributed by atoms with Gasteiger partial charge in [-0.15, -0.1) is 0 Å². The Morgan fingerprint density at radius 1 is 1.00 bits per heavy atom. The minimum Gasteiger partial charge on any atom is -0.478 e. The Kier molecular flexibility index (Phi) is 4.12. The number of aromatic nitrogens is 2. The van der Waals surface area contributed by atoms with Gasteiger partial charge in [-0.2, -0.15) is 0 Å². The number of aromatic carboxylic acids is 1. The maximum atomic E-state index is 14.0. The molecule has 2 aromatic carbocycles. The first-order valence-electron chi connectivity index (χ1n) is 8.39. The molecule has 4 aromatic rings. The predicted octanol–water partition coefficient (Wildman–Crippen LogP) is 5.11. The number of carboxylic acid groups (broad SMARTS) is 1. The van der Waals surface area contributed by atoms with Crippen LogP contribution in [0, 0.1) is 12.7 Å². The Hall–Kier alpha value is -3.60. The van der Waals surface area contributed by atoms with E-state index in [9.17, 15) is 14.3 Å². The second-order valence-corrected chi connectivity index (χ2v) is 6.22. The minimum absolute atomic E-state index is 0.218. The van der Waals surface area contributed by atoms with E-state index in [2.05, 4.69) is 9.97 Å². The number of hydrogen-bond acceptors (Lipinski definition) is 3. The van der Waals surface area contributed by atoms with E-state index in [1.54, 1.807) is 43.6 Å². The van der Waals surface area contributed by atoms with Gasteiger partial charge in [-0.1, -0.05) is 42.5 Å². The third-order valence-corrected chi connectivity index (χ3v) is 4.59.